The highest BCUT2D eigenvalue weighted by molar-refractivity contribution is 6.32. The molecule has 0 saturated heterocycles. The molecule has 0 fully saturated rings. The summed E-state index contributed by atoms with van der Waals surface area (Å²) in [4.78, 5) is 16.0. The fraction of sp³-hybridized carbons (Fsp3) is 0.250. The number of nitrogens with one attached hydrogen (secondary N) is 1. The van der Waals surface area contributed by atoms with E-state index in [0.717, 1.165) is 5.56 Å². The van der Waals surface area contributed by atoms with Crippen LogP contribution in [0.2, 0.25) is 5.02 Å². The maximum Gasteiger partial charge on any atom is 0.258 e. The number of halogens is 1. The van der Waals surface area contributed by atoms with Crippen LogP contribution in [0.15, 0.2) is 42.6 Å². The Labute approximate surface area is 134 Å². The molecule has 0 bridgehead atoms. The lowest BCUT2D eigenvalue weighted by molar-refractivity contribution is -0.123. The number of ether oxygens (including phenoxy) is 2. The quantitative estimate of drug-likeness (QED) is 0.852. The van der Waals surface area contributed by atoms with Gasteiger partial charge < -0.3 is 14.8 Å². The molecule has 2 rings (SSSR count). The number of carbonyl (C=O) groups is 1. The molecule has 0 unspecified atom stereocenters. The molecule has 0 saturated carbocycles. The molecule has 0 atom stereocenters. The zero-order valence-corrected chi connectivity index (χ0v) is 13.0. The second kappa shape index (κ2) is 8.24. The first-order valence-electron chi connectivity index (χ1n) is 6.91. The van der Waals surface area contributed by atoms with Gasteiger partial charge in [0.1, 0.15) is 5.75 Å². The van der Waals surface area contributed by atoms with E-state index in [1.54, 1.807) is 36.5 Å². The molecular formula is C16H17ClN2O3. The smallest absolute Gasteiger partial charge is 0.258 e. The number of rotatable bonds is 7. The summed E-state index contributed by atoms with van der Waals surface area (Å²) in [5.74, 6) is 0.763. The molecular weight excluding hydrogens is 304 g/mol. The van der Waals surface area contributed by atoms with Gasteiger partial charge in [-0.15, -0.1) is 0 Å². The van der Waals surface area contributed by atoms with Gasteiger partial charge in [0.2, 0.25) is 5.88 Å². The number of amides is 1. The SMILES string of the molecule is CCOc1ncccc1CNC(=O)COc1ccccc1Cl. The minimum atomic E-state index is -0.244. The molecule has 1 aromatic heterocycles. The van der Waals surface area contributed by atoms with Gasteiger partial charge in [-0.05, 0) is 25.1 Å². The first kappa shape index (κ1) is 16.1. The third-order valence-corrected chi connectivity index (χ3v) is 3.11. The predicted octanol–water partition coefficient (Wildman–Crippen LogP) is 2.83. The highest BCUT2D eigenvalue weighted by atomic mass is 35.5. The van der Waals surface area contributed by atoms with Crippen LogP contribution in [0.5, 0.6) is 11.6 Å². The second-order valence-electron chi connectivity index (χ2n) is 4.40. The highest BCUT2D eigenvalue weighted by Crippen LogP contribution is 2.22. The summed E-state index contributed by atoms with van der Waals surface area (Å²) >= 11 is 5.95. The van der Waals surface area contributed by atoms with Crippen molar-refractivity contribution in [1.29, 1.82) is 0 Å². The van der Waals surface area contributed by atoms with Crippen LogP contribution in [-0.4, -0.2) is 24.1 Å². The summed E-state index contributed by atoms with van der Waals surface area (Å²) in [6.07, 6.45) is 1.65. The molecule has 116 valence electrons. The minimum Gasteiger partial charge on any atom is -0.482 e. The van der Waals surface area contributed by atoms with E-state index in [1.807, 2.05) is 13.0 Å². The number of carbonyl (C=O) groups excluding carboxylic acids is 1. The fourth-order valence-corrected chi connectivity index (χ4v) is 1.97. The number of hydrogen-bond acceptors (Lipinski definition) is 4. The summed E-state index contributed by atoms with van der Waals surface area (Å²) in [5.41, 5.74) is 0.815. The molecule has 0 aliphatic rings. The zero-order chi connectivity index (χ0) is 15.8. The van der Waals surface area contributed by atoms with E-state index in [4.69, 9.17) is 21.1 Å². The Bertz CT molecular complexity index is 634. The van der Waals surface area contributed by atoms with Gasteiger partial charge in [-0.2, -0.15) is 0 Å². The van der Waals surface area contributed by atoms with Gasteiger partial charge >= 0.3 is 0 Å². The van der Waals surface area contributed by atoms with E-state index in [-0.39, 0.29) is 12.5 Å². The zero-order valence-electron chi connectivity index (χ0n) is 12.2. The summed E-state index contributed by atoms with van der Waals surface area (Å²) in [5, 5.41) is 3.23. The second-order valence-corrected chi connectivity index (χ2v) is 4.80. The van der Waals surface area contributed by atoms with E-state index >= 15 is 0 Å². The lowest BCUT2D eigenvalue weighted by atomic mass is 10.2. The summed E-state index contributed by atoms with van der Waals surface area (Å²) in [7, 11) is 0. The van der Waals surface area contributed by atoms with Crippen molar-refractivity contribution in [1.82, 2.24) is 10.3 Å². The van der Waals surface area contributed by atoms with Crippen molar-refractivity contribution in [3.63, 3.8) is 0 Å². The van der Waals surface area contributed by atoms with Crippen molar-refractivity contribution >= 4 is 17.5 Å². The highest BCUT2D eigenvalue weighted by Gasteiger charge is 2.08. The van der Waals surface area contributed by atoms with Gasteiger partial charge in [0.15, 0.2) is 6.61 Å². The van der Waals surface area contributed by atoms with E-state index in [0.29, 0.717) is 29.8 Å². The average molecular weight is 321 g/mol. The number of hydrogen-bond donors (Lipinski definition) is 1. The lowest BCUT2D eigenvalue weighted by Gasteiger charge is -2.11. The molecule has 22 heavy (non-hydrogen) atoms. The Balaban J connectivity index is 1.84. The minimum absolute atomic E-state index is 0.103. The number of nitrogens with zero attached hydrogens (tertiary/aromatic N) is 1. The van der Waals surface area contributed by atoms with E-state index in [9.17, 15) is 4.79 Å². The molecule has 1 heterocycles. The van der Waals surface area contributed by atoms with Crippen molar-refractivity contribution < 1.29 is 14.3 Å². The summed E-state index contributed by atoms with van der Waals surface area (Å²) in [6, 6.07) is 10.7. The lowest BCUT2D eigenvalue weighted by Crippen LogP contribution is -2.28. The van der Waals surface area contributed by atoms with Gasteiger partial charge in [0.25, 0.3) is 5.91 Å². The predicted molar refractivity (Wildman–Crippen MR) is 84.2 cm³/mol. The van der Waals surface area contributed by atoms with Gasteiger partial charge in [0, 0.05) is 18.3 Å². The van der Waals surface area contributed by atoms with Crippen molar-refractivity contribution in [2.45, 2.75) is 13.5 Å². The molecule has 6 heteroatoms. The number of benzene rings is 1. The van der Waals surface area contributed by atoms with Gasteiger partial charge in [-0.25, -0.2) is 4.98 Å². The van der Waals surface area contributed by atoms with Crippen LogP contribution >= 0.6 is 11.6 Å². The molecule has 2 aromatic rings. The van der Waals surface area contributed by atoms with Crippen LogP contribution in [0, 0.1) is 0 Å². The van der Waals surface area contributed by atoms with Crippen molar-refractivity contribution in [3.8, 4) is 11.6 Å². The van der Waals surface area contributed by atoms with Crippen molar-refractivity contribution in [2.24, 2.45) is 0 Å². The molecule has 0 aliphatic heterocycles. The first-order chi connectivity index (χ1) is 10.7. The third-order valence-electron chi connectivity index (χ3n) is 2.80. The first-order valence-corrected chi connectivity index (χ1v) is 7.29. The number of aromatic nitrogens is 1. The molecule has 0 spiro atoms. The molecule has 1 N–H and O–H groups in total. The van der Waals surface area contributed by atoms with Crippen LogP contribution < -0.4 is 14.8 Å². The number of pyridine rings is 1. The molecule has 0 aliphatic carbocycles. The Hall–Kier alpha value is -2.27. The fourth-order valence-electron chi connectivity index (χ4n) is 1.78. The Morgan fingerprint density at radius 2 is 2.05 bits per heavy atom. The average Bonchev–Trinajstić information content (AvgIpc) is 2.53. The van der Waals surface area contributed by atoms with Crippen LogP contribution in [0.25, 0.3) is 0 Å². The van der Waals surface area contributed by atoms with Crippen LogP contribution in [-0.2, 0) is 11.3 Å². The van der Waals surface area contributed by atoms with Gasteiger partial charge in [-0.3, -0.25) is 4.79 Å². The summed E-state index contributed by atoms with van der Waals surface area (Å²) < 4.78 is 10.8. The maximum atomic E-state index is 11.8. The van der Waals surface area contributed by atoms with Crippen LogP contribution in [0.1, 0.15) is 12.5 Å². The van der Waals surface area contributed by atoms with Crippen molar-refractivity contribution in [2.75, 3.05) is 13.2 Å². The van der Waals surface area contributed by atoms with E-state index in [2.05, 4.69) is 10.3 Å². The molecule has 0 radical (unpaired) electrons. The Kier molecular flexibility index (Phi) is 6.03. The third kappa shape index (κ3) is 4.63. The summed E-state index contributed by atoms with van der Waals surface area (Å²) in [6.45, 7) is 2.63. The maximum absolute atomic E-state index is 11.8. The van der Waals surface area contributed by atoms with Crippen LogP contribution in [0.3, 0.4) is 0 Å². The topological polar surface area (TPSA) is 60.5 Å². The van der Waals surface area contributed by atoms with E-state index < -0.39 is 0 Å². The largest absolute Gasteiger partial charge is 0.482 e. The number of para-hydroxylation sites is 1. The Morgan fingerprint density at radius 1 is 1.23 bits per heavy atom. The standard InChI is InChI=1S/C16H17ClN2O3/c1-2-21-16-12(6-5-9-18-16)10-19-15(20)11-22-14-8-4-3-7-13(14)17/h3-9H,2,10-11H2,1H3,(H,19,20). The van der Waals surface area contributed by atoms with Gasteiger partial charge in [-0.1, -0.05) is 29.8 Å². The molecule has 5 nitrogen and oxygen atoms in total. The monoisotopic (exact) mass is 320 g/mol. The van der Waals surface area contributed by atoms with Gasteiger partial charge in [0.05, 0.1) is 11.6 Å². The van der Waals surface area contributed by atoms with Crippen molar-refractivity contribution in [3.05, 3.63) is 53.2 Å². The van der Waals surface area contributed by atoms with Crippen LogP contribution in [0.4, 0.5) is 0 Å². The molecule has 1 aromatic carbocycles. The normalized spacial score (nSPS) is 10.1. The molecule has 1 amide bonds. The Morgan fingerprint density at radius 3 is 2.82 bits per heavy atom. The van der Waals surface area contributed by atoms with E-state index in [1.165, 1.54) is 0 Å².